The van der Waals surface area contributed by atoms with E-state index >= 15 is 0 Å². The molecule has 4 rings (SSSR count). The summed E-state index contributed by atoms with van der Waals surface area (Å²) >= 11 is 0. The highest BCUT2D eigenvalue weighted by atomic mass is 32.3. The van der Waals surface area contributed by atoms with Crippen LogP contribution in [0.1, 0.15) is 0 Å². The van der Waals surface area contributed by atoms with Crippen LogP contribution in [0.25, 0.3) is 22.0 Å². The van der Waals surface area contributed by atoms with Gasteiger partial charge in [0.2, 0.25) is 0 Å². The van der Waals surface area contributed by atoms with Crippen molar-refractivity contribution in [1.82, 2.24) is 4.98 Å². The lowest BCUT2D eigenvalue weighted by Crippen LogP contribution is -1.89. The minimum Gasteiger partial charge on any atom is -0.507 e. The first-order valence-corrected chi connectivity index (χ1v) is 9.71. The molecule has 3 aromatic carbocycles. The molecule has 1 heterocycles. The first kappa shape index (κ1) is 21.8. The molecule has 0 bridgehead atoms. The van der Waals surface area contributed by atoms with Crippen LogP contribution in [0.3, 0.4) is 0 Å². The highest BCUT2D eigenvalue weighted by Crippen LogP contribution is 2.27. The van der Waals surface area contributed by atoms with Crippen molar-refractivity contribution >= 4 is 21.3 Å². The van der Waals surface area contributed by atoms with E-state index in [0.717, 1.165) is 16.5 Å². The van der Waals surface area contributed by atoms with Crippen molar-refractivity contribution in [3.8, 4) is 22.6 Å². The quantitative estimate of drug-likeness (QED) is 0.342. The molecule has 4 aromatic rings. The molecule has 0 radical (unpaired) electrons. The standard InChI is InChI=1S/C12H10O.C9H7NO.H2O4S/c13-12-9-5-4-8-11(12)10-6-2-1-3-7-10;11-8-5-1-3-7-4-2-6-10-9(7)8;1-5(2,3)4/h1-9,13H;1-6,11H;(H2,1,2,3,4). The minimum atomic E-state index is -4.67. The van der Waals surface area contributed by atoms with Gasteiger partial charge >= 0.3 is 10.4 Å². The lowest BCUT2D eigenvalue weighted by molar-refractivity contribution is 0.381. The third-order valence-electron chi connectivity index (χ3n) is 3.60. The van der Waals surface area contributed by atoms with Gasteiger partial charge in [0.05, 0.1) is 0 Å². The largest absolute Gasteiger partial charge is 0.507 e. The molecule has 0 aliphatic rings. The SMILES string of the molecule is O=S(=O)(O)O.Oc1cccc2cccnc12.Oc1ccccc1-c1ccccc1. The van der Waals surface area contributed by atoms with Gasteiger partial charge < -0.3 is 10.2 Å². The van der Waals surface area contributed by atoms with Crippen molar-refractivity contribution in [3.05, 3.63) is 91.1 Å². The minimum absolute atomic E-state index is 0.239. The van der Waals surface area contributed by atoms with Gasteiger partial charge in [0, 0.05) is 17.1 Å². The fourth-order valence-corrected chi connectivity index (χ4v) is 2.42. The monoisotopic (exact) mass is 413 g/mol. The number of nitrogens with zero attached hydrogens (tertiary/aromatic N) is 1. The Morgan fingerprint density at radius 1 is 0.655 bits per heavy atom. The van der Waals surface area contributed by atoms with Gasteiger partial charge in [-0.05, 0) is 23.8 Å². The third-order valence-corrected chi connectivity index (χ3v) is 3.60. The maximum atomic E-state index is 9.56. The fourth-order valence-electron chi connectivity index (χ4n) is 2.42. The summed E-state index contributed by atoms with van der Waals surface area (Å²) in [6.45, 7) is 0. The topological polar surface area (TPSA) is 128 Å². The molecule has 7 nitrogen and oxygen atoms in total. The van der Waals surface area contributed by atoms with E-state index in [1.54, 1.807) is 24.4 Å². The number of aromatic nitrogens is 1. The average molecular weight is 413 g/mol. The molecule has 0 fully saturated rings. The highest BCUT2D eigenvalue weighted by Gasteiger charge is 2.00. The van der Waals surface area contributed by atoms with E-state index in [0.29, 0.717) is 11.3 Å². The fraction of sp³-hybridized carbons (Fsp3) is 0. The van der Waals surface area contributed by atoms with Crippen LogP contribution in [-0.2, 0) is 10.4 Å². The van der Waals surface area contributed by atoms with Crippen molar-refractivity contribution in [2.24, 2.45) is 0 Å². The molecular weight excluding hydrogens is 394 g/mol. The number of benzene rings is 3. The summed E-state index contributed by atoms with van der Waals surface area (Å²) in [4.78, 5) is 4.03. The molecule has 0 saturated carbocycles. The van der Waals surface area contributed by atoms with Gasteiger partial charge in [-0.15, -0.1) is 0 Å². The molecule has 8 heteroatoms. The van der Waals surface area contributed by atoms with Crippen LogP contribution in [0.5, 0.6) is 11.5 Å². The summed E-state index contributed by atoms with van der Waals surface area (Å²) in [6, 6.07) is 26.3. The van der Waals surface area contributed by atoms with E-state index in [-0.39, 0.29) is 5.75 Å². The molecule has 29 heavy (non-hydrogen) atoms. The van der Waals surface area contributed by atoms with Crippen LogP contribution < -0.4 is 0 Å². The molecular formula is C21H19NO6S. The maximum absolute atomic E-state index is 9.56. The van der Waals surface area contributed by atoms with Crippen molar-refractivity contribution in [2.45, 2.75) is 0 Å². The van der Waals surface area contributed by atoms with Crippen molar-refractivity contribution < 1.29 is 27.7 Å². The molecule has 0 unspecified atom stereocenters. The molecule has 0 spiro atoms. The molecule has 0 amide bonds. The molecule has 4 N–H and O–H groups in total. The van der Waals surface area contributed by atoms with Crippen molar-refractivity contribution in [1.29, 1.82) is 0 Å². The first-order chi connectivity index (χ1) is 13.8. The van der Waals surface area contributed by atoms with E-state index in [4.69, 9.17) is 17.5 Å². The molecule has 0 aliphatic carbocycles. The average Bonchev–Trinajstić information content (AvgIpc) is 2.69. The Morgan fingerprint density at radius 3 is 1.83 bits per heavy atom. The van der Waals surface area contributed by atoms with Crippen molar-refractivity contribution in [2.75, 3.05) is 0 Å². The maximum Gasteiger partial charge on any atom is 0.394 e. The number of hydrogen-bond acceptors (Lipinski definition) is 5. The van der Waals surface area contributed by atoms with Crippen molar-refractivity contribution in [3.63, 3.8) is 0 Å². The zero-order valence-corrected chi connectivity index (χ0v) is 15.9. The van der Waals surface area contributed by atoms with Gasteiger partial charge in [-0.2, -0.15) is 8.42 Å². The first-order valence-electron chi connectivity index (χ1n) is 8.31. The number of phenolic OH excluding ortho intramolecular Hbond substituents is 2. The summed E-state index contributed by atoms with van der Waals surface area (Å²) in [7, 11) is -4.67. The molecule has 150 valence electrons. The third kappa shape index (κ3) is 7.59. The summed E-state index contributed by atoms with van der Waals surface area (Å²) in [5.41, 5.74) is 2.58. The number of fused-ring (bicyclic) bond motifs is 1. The van der Waals surface area contributed by atoms with Gasteiger partial charge in [-0.25, -0.2) is 0 Å². The Morgan fingerprint density at radius 2 is 1.21 bits per heavy atom. The predicted molar refractivity (Wildman–Crippen MR) is 111 cm³/mol. The van der Waals surface area contributed by atoms with E-state index < -0.39 is 10.4 Å². The second-order valence-corrected chi connectivity index (χ2v) is 6.58. The molecule has 1 aromatic heterocycles. The van der Waals surface area contributed by atoms with Crippen LogP contribution in [-0.4, -0.2) is 32.7 Å². The van der Waals surface area contributed by atoms with Gasteiger partial charge in [0.25, 0.3) is 0 Å². The summed E-state index contributed by atoms with van der Waals surface area (Å²) < 4.78 is 31.6. The van der Waals surface area contributed by atoms with Gasteiger partial charge in [0.15, 0.2) is 0 Å². The predicted octanol–water partition coefficient (Wildman–Crippen LogP) is 4.35. The lowest BCUT2D eigenvalue weighted by atomic mass is 10.1. The van der Waals surface area contributed by atoms with Crippen LogP contribution in [0, 0.1) is 0 Å². The zero-order chi connectivity index (χ0) is 21.3. The van der Waals surface area contributed by atoms with E-state index in [1.807, 2.05) is 66.7 Å². The van der Waals surface area contributed by atoms with E-state index in [2.05, 4.69) is 4.98 Å². The normalized spacial score (nSPS) is 10.3. The van der Waals surface area contributed by atoms with Gasteiger partial charge in [-0.3, -0.25) is 14.1 Å². The Balaban J connectivity index is 0.000000171. The zero-order valence-electron chi connectivity index (χ0n) is 15.1. The molecule has 0 saturated heterocycles. The second kappa shape index (κ2) is 10.2. The Labute approximate surface area is 168 Å². The highest BCUT2D eigenvalue weighted by molar-refractivity contribution is 7.79. The van der Waals surface area contributed by atoms with Crippen LogP contribution in [0.2, 0.25) is 0 Å². The Kier molecular flexibility index (Phi) is 7.67. The molecule has 0 aliphatic heterocycles. The summed E-state index contributed by atoms with van der Waals surface area (Å²) in [5.74, 6) is 0.566. The number of pyridine rings is 1. The number of para-hydroxylation sites is 2. The molecule has 0 atom stereocenters. The summed E-state index contributed by atoms with van der Waals surface area (Å²) in [6.07, 6.45) is 1.67. The van der Waals surface area contributed by atoms with Crippen LogP contribution >= 0.6 is 0 Å². The Bertz CT molecular complexity index is 1150. The number of hydrogen-bond donors (Lipinski definition) is 4. The van der Waals surface area contributed by atoms with Gasteiger partial charge in [0.1, 0.15) is 17.0 Å². The van der Waals surface area contributed by atoms with Gasteiger partial charge in [-0.1, -0.05) is 66.7 Å². The smallest absolute Gasteiger partial charge is 0.394 e. The lowest BCUT2D eigenvalue weighted by Gasteiger charge is -2.02. The van der Waals surface area contributed by atoms with Crippen LogP contribution in [0.4, 0.5) is 0 Å². The van der Waals surface area contributed by atoms with E-state index in [1.165, 1.54) is 0 Å². The number of aromatic hydroxyl groups is 2. The summed E-state index contributed by atoms with van der Waals surface area (Å²) in [5, 5.41) is 19.8. The second-order valence-electron chi connectivity index (χ2n) is 5.68. The Hall–Kier alpha value is -3.46. The number of rotatable bonds is 1. The number of phenols is 2. The van der Waals surface area contributed by atoms with Crippen LogP contribution in [0.15, 0.2) is 91.1 Å². The van der Waals surface area contributed by atoms with E-state index in [9.17, 15) is 10.2 Å².